The predicted molar refractivity (Wildman–Crippen MR) is 122 cm³/mol. The van der Waals surface area contributed by atoms with Crippen LogP contribution in [-0.4, -0.2) is 39.8 Å². The van der Waals surface area contributed by atoms with Crippen LogP contribution in [0.4, 0.5) is 5.69 Å². The lowest BCUT2D eigenvalue weighted by Crippen LogP contribution is -2.48. The van der Waals surface area contributed by atoms with Gasteiger partial charge in [-0.15, -0.1) is 0 Å². The molecule has 1 N–H and O–H groups in total. The first-order chi connectivity index (χ1) is 14.0. The predicted octanol–water partition coefficient (Wildman–Crippen LogP) is 3.78. The first kappa shape index (κ1) is 23.7. The highest BCUT2D eigenvalue weighted by Gasteiger charge is 2.30. The van der Waals surface area contributed by atoms with Crippen LogP contribution in [0, 0.1) is 13.8 Å². The summed E-state index contributed by atoms with van der Waals surface area (Å²) in [4.78, 5) is 12.7. The summed E-state index contributed by atoms with van der Waals surface area (Å²) < 4.78 is 32.0. The average molecular weight is 433 g/mol. The zero-order chi connectivity index (χ0) is 22.5. The van der Waals surface area contributed by atoms with E-state index in [0.717, 1.165) is 28.7 Å². The monoisotopic (exact) mass is 432 g/mol. The first-order valence-corrected chi connectivity index (χ1v) is 11.9. The summed E-state index contributed by atoms with van der Waals surface area (Å²) in [6, 6.07) is 12.5. The summed E-state index contributed by atoms with van der Waals surface area (Å²) in [5.74, 6) is 0.752. The van der Waals surface area contributed by atoms with Gasteiger partial charge in [0.2, 0.25) is 15.9 Å². The minimum Gasteiger partial charge on any atom is -0.491 e. The quantitative estimate of drug-likeness (QED) is 0.612. The molecule has 30 heavy (non-hydrogen) atoms. The van der Waals surface area contributed by atoms with Gasteiger partial charge in [0.05, 0.1) is 18.5 Å². The Morgan fingerprint density at radius 3 is 2.40 bits per heavy atom. The lowest BCUT2D eigenvalue weighted by atomic mass is 10.0. The van der Waals surface area contributed by atoms with Crippen molar-refractivity contribution in [3.05, 3.63) is 59.2 Å². The second-order valence-corrected chi connectivity index (χ2v) is 9.72. The Balaban J connectivity index is 2.05. The zero-order valence-corrected chi connectivity index (χ0v) is 19.4. The second-order valence-electron chi connectivity index (χ2n) is 7.86. The van der Waals surface area contributed by atoms with Gasteiger partial charge in [-0.1, -0.05) is 44.2 Å². The highest BCUT2D eigenvalue weighted by Crippen LogP contribution is 2.27. The van der Waals surface area contributed by atoms with Crippen LogP contribution in [0.3, 0.4) is 0 Å². The number of hydrogen-bond acceptors (Lipinski definition) is 4. The van der Waals surface area contributed by atoms with E-state index in [0.29, 0.717) is 18.2 Å². The van der Waals surface area contributed by atoms with Crippen molar-refractivity contribution in [2.24, 2.45) is 0 Å². The molecule has 0 aliphatic carbocycles. The number of anilines is 1. The van der Waals surface area contributed by atoms with E-state index >= 15 is 0 Å². The molecule has 0 unspecified atom stereocenters. The van der Waals surface area contributed by atoms with Crippen molar-refractivity contribution in [2.75, 3.05) is 23.7 Å². The summed E-state index contributed by atoms with van der Waals surface area (Å²) in [6.07, 6.45) is 1.12. The molecule has 0 bridgehead atoms. The van der Waals surface area contributed by atoms with E-state index in [4.69, 9.17) is 4.74 Å². The van der Waals surface area contributed by atoms with E-state index in [9.17, 15) is 13.2 Å². The third-order valence-electron chi connectivity index (χ3n) is 4.89. The highest BCUT2D eigenvalue weighted by molar-refractivity contribution is 7.92. The van der Waals surface area contributed by atoms with Crippen molar-refractivity contribution < 1.29 is 17.9 Å². The Labute approximate surface area is 180 Å². The molecule has 0 saturated carbocycles. The van der Waals surface area contributed by atoms with Crippen LogP contribution in [0.2, 0.25) is 0 Å². The first-order valence-electron chi connectivity index (χ1n) is 10.1. The Bertz CT molecular complexity index is 986. The van der Waals surface area contributed by atoms with Gasteiger partial charge in [-0.2, -0.15) is 0 Å². The summed E-state index contributed by atoms with van der Waals surface area (Å²) >= 11 is 0. The molecular weight excluding hydrogens is 400 g/mol. The summed E-state index contributed by atoms with van der Waals surface area (Å²) in [6.45, 7) is 10.1. The number of nitrogens with zero attached hydrogens (tertiary/aromatic N) is 1. The number of carbonyl (C=O) groups is 1. The maximum absolute atomic E-state index is 12.7. The third-order valence-corrected chi connectivity index (χ3v) is 6.12. The van der Waals surface area contributed by atoms with Crippen LogP contribution in [0.25, 0.3) is 0 Å². The molecule has 0 aliphatic heterocycles. The van der Waals surface area contributed by atoms with Gasteiger partial charge in [-0.25, -0.2) is 8.42 Å². The number of ether oxygens (including phenoxy) is 1. The van der Waals surface area contributed by atoms with E-state index in [2.05, 4.69) is 19.2 Å². The minimum absolute atomic E-state index is 0.278. The van der Waals surface area contributed by atoms with Gasteiger partial charge in [-0.05, 0) is 55.5 Å². The lowest BCUT2D eigenvalue weighted by Gasteiger charge is -2.29. The number of rotatable bonds is 9. The molecule has 6 nitrogen and oxygen atoms in total. The van der Waals surface area contributed by atoms with Crippen LogP contribution in [0.15, 0.2) is 42.5 Å². The standard InChI is InChI=1S/C23H32N2O4S/c1-16(2)20-9-7-8-10-22(20)29-14-13-24-23(26)19(5)25(30(6,27)28)21-15-17(3)11-12-18(21)4/h7-12,15-16,19H,13-14H2,1-6H3,(H,24,26)/t19-/m1/s1. The smallest absolute Gasteiger partial charge is 0.243 e. The van der Waals surface area contributed by atoms with E-state index < -0.39 is 16.1 Å². The van der Waals surface area contributed by atoms with Gasteiger partial charge < -0.3 is 10.1 Å². The molecule has 0 aliphatic rings. The molecule has 0 aromatic heterocycles. The van der Waals surface area contributed by atoms with Crippen molar-refractivity contribution in [1.82, 2.24) is 5.32 Å². The van der Waals surface area contributed by atoms with E-state index in [1.165, 1.54) is 4.31 Å². The minimum atomic E-state index is -3.65. The number of amides is 1. The Morgan fingerprint density at radius 2 is 1.77 bits per heavy atom. The molecule has 2 aromatic carbocycles. The Kier molecular flexibility index (Phi) is 7.89. The molecular formula is C23H32N2O4S. The fourth-order valence-electron chi connectivity index (χ4n) is 3.31. The van der Waals surface area contributed by atoms with E-state index in [-0.39, 0.29) is 12.5 Å². The average Bonchev–Trinajstić information content (AvgIpc) is 2.67. The highest BCUT2D eigenvalue weighted by atomic mass is 32.2. The molecule has 2 rings (SSSR count). The van der Waals surface area contributed by atoms with Crippen molar-refractivity contribution >= 4 is 21.6 Å². The Morgan fingerprint density at radius 1 is 1.10 bits per heavy atom. The number of hydrogen-bond donors (Lipinski definition) is 1. The number of carbonyl (C=O) groups excluding carboxylic acids is 1. The van der Waals surface area contributed by atoms with Crippen LogP contribution < -0.4 is 14.4 Å². The van der Waals surface area contributed by atoms with Crippen LogP contribution in [-0.2, 0) is 14.8 Å². The van der Waals surface area contributed by atoms with E-state index in [1.807, 2.05) is 50.2 Å². The molecule has 2 aromatic rings. The maximum Gasteiger partial charge on any atom is 0.243 e. The molecule has 164 valence electrons. The molecule has 0 saturated heterocycles. The molecule has 1 atom stereocenters. The molecule has 0 spiro atoms. The maximum atomic E-state index is 12.7. The molecule has 0 heterocycles. The Hall–Kier alpha value is -2.54. The van der Waals surface area contributed by atoms with Gasteiger partial charge in [0, 0.05) is 0 Å². The number of benzene rings is 2. The van der Waals surface area contributed by atoms with Gasteiger partial charge in [0.25, 0.3) is 0 Å². The van der Waals surface area contributed by atoms with Gasteiger partial charge in [0.1, 0.15) is 18.4 Å². The summed E-state index contributed by atoms with van der Waals surface area (Å²) in [5.41, 5.74) is 3.34. The van der Waals surface area contributed by atoms with Crippen molar-refractivity contribution in [1.29, 1.82) is 0 Å². The summed E-state index contributed by atoms with van der Waals surface area (Å²) in [7, 11) is -3.65. The molecule has 1 amide bonds. The third kappa shape index (κ3) is 5.98. The van der Waals surface area contributed by atoms with Gasteiger partial charge in [0.15, 0.2) is 0 Å². The molecule has 0 fully saturated rings. The largest absolute Gasteiger partial charge is 0.491 e. The van der Waals surface area contributed by atoms with E-state index in [1.54, 1.807) is 13.0 Å². The molecule has 0 radical (unpaired) electrons. The number of nitrogens with one attached hydrogen (secondary N) is 1. The van der Waals surface area contributed by atoms with Crippen molar-refractivity contribution in [3.63, 3.8) is 0 Å². The number of aryl methyl sites for hydroxylation is 2. The normalized spacial score (nSPS) is 12.5. The summed E-state index contributed by atoms with van der Waals surface area (Å²) in [5, 5.41) is 2.79. The SMILES string of the molecule is Cc1ccc(C)c(N([C@H](C)C(=O)NCCOc2ccccc2C(C)C)S(C)(=O)=O)c1. The van der Waals surface area contributed by atoms with Gasteiger partial charge in [-0.3, -0.25) is 9.10 Å². The number of para-hydroxylation sites is 1. The number of sulfonamides is 1. The fourth-order valence-corrected chi connectivity index (χ4v) is 4.53. The topological polar surface area (TPSA) is 75.7 Å². The zero-order valence-electron chi connectivity index (χ0n) is 18.6. The van der Waals surface area contributed by atoms with Crippen LogP contribution in [0.5, 0.6) is 5.75 Å². The molecule has 7 heteroatoms. The second kappa shape index (κ2) is 9.98. The van der Waals surface area contributed by atoms with Gasteiger partial charge >= 0.3 is 0 Å². The van der Waals surface area contributed by atoms with Crippen LogP contribution >= 0.6 is 0 Å². The van der Waals surface area contributed by atoms with Crippen LogP contribution in [0.1, 0.15) is 43.4 Å². The van der Waals surface area contributed by atoms with Crippen molar-refractivity contribution in [3.8, 4) is 5.75 Å². The van der Waals surface area contributed by atoms with Crippen molar-refractivity contribution in [2.45, 2.75) is 46.6 Å². The fraction of sp³-hybridized carbons (Fsp3) is 0.435. The lowest BCUT2D eigenvalue weighted by molar-refractivity contribution is -0.121.